The van der Waals surface area contributed by atoms with Crippen LogP contribution in [0.4, 0.5) is 0 Å². The van der Waals surface area contributed by atoms with Crippen LogP contribution in [-0.4, -0.2) is 31.0 Å². The van der Waals surface area contributed by atoms with Gasteiger partial charge in [-0.1, -0.05) is 23.7 Å². The minimum Gasteiger partial charge on any atom is -0.482 e. The molecule has 5 nitrogen and oxygen atoms in total. The van der Waals surface area contributed by atoms with Crippen molar-refractivity contribution >= 4 is 23.4 Å². The predicted octanol–water partition coefficient (Wildman–Crippen LogP) is 1.11. The smallest absolute Gasteiger partial charge is 0.258 e. The molecule has 1 saturated heterocycles. The van der Waals surface area contributed by atoms with Crippen molar-refractivity contribution in [3.05, 3.63) is 29.3 Å². The number of hydrogen-bond acceptors (Lipinski definition) is 3. The van der Waals surface area contributed by atoms with Crippen LogP contribution < -0.4 is 15.4 Å². The molecule has 1 unspecified atom stereocenters. The fourth-order valence-corrected chi connectivity index (χ4v) is 2.02. The Balaban J connectivity index is 1.76. The van der Waals surface area contributed by atoms with Gasteiger partial charge in [-0.15, -0.1) is 0 Å². The molecule has 1 aromatic carbocycles. The molecule has 19 heavy (non-hydrogen) atoms. The number of carbonyl (C=O) groups excluding carboxylic acids is 2. The summed E-state index contributed by atoms with van der Waals surface area (Å²) < 4.78 is 5.33. The molecular weight excluding hydrogens is 268 g/mol. The molecule has 1 aromatic rings. The van der Waals surface area contributed by atoms with Crippen molar-refractivity contribution in [3.63, 3.8) is 0 Å². The van der Waals surface area contributed by atoms with Crippen molar-refractivity contribution in [2.75, 3.05) is 13.2 Å². The van der Waals surface area contributed by atoms with E-state index < -0.39 is 0 Å². The van der Waals surface area contributed by atoms with Crippen LogP contribution in [0.5, 0.6) is 5.75 Å². The highest BCUT2D eigenvalue weighted by molar-refractivity contribution is 6.32. The minimum atomic E-state index is -0.221. The van der Waals surface area contributed by atoms with E-state index in [-0.39, 0.29) is 24.5 Å². The van der Waals surface area contributed by atoms with Crippen LogP contribution in [0.1, 0.15) is 12.8 Å². The maximum atomic E-state index is 11.7. The van der Waals surface area contributed by atoms with Gasteiger partial charge in [-0.25, -0.2) is 0 Å². The maximum Gasteiger partial charge on any atom is 0.258 e. The summed E-state index contributed by atoms with van der Waals surface area (Å²) in [5, 5.41) is 5.98. The monoisotopic (exact) mass is 282 g/mol. The van der Waals surface area contributed by atoms with E-state index in [0.29, 0.717) is 30.2 Å². The molecule has 0 radical (unpaired) electrons. The van der Waals surface area contributed by atoms with Gasteiger partial charge in [0.2, 0.25) is 5.91 Å². The van der Waals surface area contributed by atoms with Gasteiger partial charge >= 0.3 is 0 Å². The van der Waals surface area contributed by atoms with Crippen molar-refractivity contribution in [1.29, 1.82) is 0 Å². The number of piperidine rings is 1. The number of para-hydroxylation sites is 1. The zero-order valence-corrected chi connectivity index (χ0v) is 11.1. The summed E-state index contributed by atoms with van der Waals surface area (Å²) >= 11 is 5.91. The fourth-order valence-electron chi connectivity index (χ4n) is 1.83. The average molecular weight is 283 g/mol. The number of halogens is 1. The van der Waals surface area contributed by atoms with Crippen LogP contribution in [0.25, 0.3) is 0 Å². The average Bonchev–Trinajstić information content (AvgIpc) is 2.40. The summed E-state index contributed by atoms with van der Waals surface area (Å²) in [6.45, 7) is 0.380. The normalized spacial score (nSPS) is 18.6. The van der Waals surface area contributed by atoms with Gasteiger partial charge in [0.05, 0.1) is 5.02 Å². The van der Waals surface area contributed by atoms with Crippen LogP contribution in [-0.2, 0) is 9.59 Å². The highest BCUT2D eigenvalue weighted by Gasteiger charge is 2.19. The molecule has 1 aliphatic heterocycles. The third kappa shape index (κ3) is 4.13. The quantitative estimate of drug-likeness (QED) is 0.869. The molecule has 2 N–H and O–H groups in total. The van der Waals surface area contributed by atoms with Crippen LogP contribution in [0.15, 0.2) is 24.3 Å². The third-order valence-corrected chi connectivity index (χ3v) is 3.14. The van der Waals surface area contributed by atoms with Gasteiger partial charge in [0.25, 0.3) is 5.91 Å². The fraction of sp³-hybridized carbons (Fsp3) is 0.385. The largest absolute Gasteiger partial charge is 0.482 e. The summed E-state index contributed by atoms with van der Waals surface area (Å²) in [5.41, 5.74) is 0. The Labute approximate surface area is 116 Å². The molecule has 0 spiro atoms. The van der Waals surface area contributed by atoms with Crippen LogP contribution in [0, 0.1) is 0 Å². The summed E-state index contributed by atoms with van der Waals surface area (Å²) in [6.07, 6.45) is 1.10. The zero-order chi connectivity index (χ0) is 13.7. The van der Waals surface area contributed by atoms with E-state index in [9.17, 15) is 9.59 Å². The second-order valence-electron chi connectivity index (χ2n) is 4.33. The Morgan fingerprint density at radius 3 is 2.95 bits per heavy atom. The molecule has 2 rings (SSSR count). The predicted molar refractivity (Wildman–Crippen MR) is 71.1 cm³/mol. The second-order valence-corrected chi connectivity index (χ2v) is 4.73. The van der Waals surface area contributed by atoms with E-state index in [1.54, 1.807) is 24.3 Å². The Bertz CT molecular complexity index is 469. The van der Waals surface area contributed by atoms with Crippen molar-refractivity contribution in [1.82, 2.24) is 10.6 Å². The molecule has 1 aliphatic rings. The number of amides is 2. The van der Waals surface area contributed by atoms with E-state index in [1.807, 2.05) is 0 Å². The van der Waals surface area contributed by atoms with Crippen LogP contribution in [0.2, 0.25) is 5.02 Å². The topological polar surface area (TPSA) is 67.4 Å². The Morgan fingerprint density at radius 1 is 1.47 bits per heavy atom. The standard InChI is InChI=1S/C13H15ClN2O3/c14-10-3-1-2-4-11(10)19-8-13(18)16-9-5-6-12(17)15-7-9/h1-4,9H,5-8H2,(H,15,17)(H,16,18). The van der Waals surface area contributed by atoms with E-state index in [2.05, 4.69) is 10.6 Å². The number of nitrogens with one attached hydrogen (secondary N) is 2. The molecule has 1 atom stereocenters. The molecular formula is C13H15ClN2O3. The Morgan fingerprint density at radius 2 is 2.26 bits per heavy atom. The highest BCUT2D eigenvalue weighted by atomic mass is 35.5. The molecule has 0 aliphatic carbocycles. The number of hydrogen-bond donors (Lipinski definition) is 2. The zero-order valence-electron chi connectivity index (χ0n) is 10.3. The molecule has 2 amide bonds. The minimum absolute atomic E-state index is 0.0258. The first kappa shape index (κ1) is 13.7. The third-order valence-electron chi connectivity index (χ3n) is 2.83. The first-order valence-electron chi connectivity index (χ1n) is 6.08. The van der Waals surface area contributed by atoms with Crippen LogP contribution in [0.3, 0.4) is 0 Å². The first-order chi connectivity index (χ1) is 9.15. The second kappa shape index (κ2) is 6.43. The summed E-state index contributed by atoms with van der Waals surface area (Å²) in [5.74, 6) is 0.287. The SMILES string of the molecule is O=C1CCC(NC(=O)COc2ccccc2Cl)CN1. The van der Waals surface area contributed by atoms with E-state index in [0.717, 1.165) is 0 Å². The van der Waals surface area contributed by atoms with E-state index in [4.69, 9.17) is 16.3 Å². The van der Waals surface area contributed by atoms with Crippen molar-refractivity contribution < 1.29 is 14.3 Å². The van der Waals surface area contributed by atoms with E-state index in [1.165, 1.54) is 0 Å². The number of carbonyl (C=O) groups is 2. The van der Waals surface area contributed by atoms with Gasteiger partial charge < -0.3 is 15.4 Å². The lowest BCUT2D eigenvalue weighted by Crippen LogP contribution is -2.48. The van der Waals surface area contributed by atoms with E-state index >= 15 is 0 Å². The number of ether oxygens (including phenoxy) is 1. The van der Waals surface area contributed by atoms with Crippen molar-refractivity contribution in [2.24, 2.45) is 0 Å². The Hall–Kier alpha value is -1.75. The molecule has 0 aromatic heterocycles. The summed E-state index contributed by atoms with van der Waals surface area (Å²) in [7, 11) is 0. The molecule has 1 fully saturated rings. The van der Waals surface area contributed by atoms with Gasteiger partial charge in [-0.2, -0.15) is 0 Å². The van der Waals surface area contributed by atoms with Gasteiger partial charge in [-0.05, 0) is 18.6 Å². The van der Waals surface area contributed by atoms with Gasteiger partial charge in [0, 0.05) is 19.0 Å². The lowest BCUT2D eigenvalue weighted by Gasteiger charge is -2.23. The molecule has 0 bridgehead atoms. The lowest BCUT2D eigenvalue weighted by atomic mass is 10.1. The molecule has 0 saturated carbocycles. The Kier molecular flexibility index (Phi) is 4.63. The van der Waals surface area contributed by atoms with Gasteiger partial charge in [-0.3, -0.25) is 9.59 Å². The number of benzene rings is 1. The van der Waals surface area contributed by atoms with Gasteiger partial charge in [0.15, 0.2) is 6.61 Å². The molecule has 102 valence electrons. The molecule has 1 heterocycles. The molecule has 6 heteroatoms. The maximum absolute atomic E-state index is 11.7. The lowest BCUT2D eigenvalue weighted by molar-refractivity contribution is -0.126. The van der Waals surface area contributed by atoms with Crippen molar-refractivity contribution in [2.45, 2.75) is 18.9 Å². The summed E-state index contributed by atoms with van der Waals surface area (Å²) in [4.78, 5) is 22.7. The highest BCUT2D eigenvalue weighted by Crippen LogP contribution is 2.22. The van der Waals surface area contributed by atoms with Crippen LogP contribution >= 0.6 is 11.6 Å². The summed E-state index contributed by atoms with van der Waals surface area (Å²) in [6, 6.07) is 6.96. The van der Waals surface area contributed by atoms with Gasteiger partial charge in [0.1, 0.15) is 5.75 Å². The first-order valence-corrected chi connectivity index (χ1v) is 6.46. The van der Waals surface area contributed by atoms with Crippen molar-refractivity contribution in [3.8, 4) is 5.75 Å². The number of rotatable bonds is 4.